The molecule has 0 aliphatic carbocycles. The van der Waals surface area contributed by atoms with Gasteiger partial charge >= 0.3 is 65.9 Å². The van der Waals surface area contributed by atoms with Crippen molar-refractivity contribution in [2.45, 2.75) is 12.8 Å². The molecule has 0 aromatic carbocycles. The second-order valence-electron chi connectivity index (χ2n) is 1.29. The molecule has 56 valence electrons. The van der Waals surface area contributed by atoms with E-state index < -0.39 is 11.9 Å². The number of hydrogen-bond acceptors (Lipinski definition) is 2. The van der Waals surface area contributed by atoms with Crippen LogP contribution in [0.3, 0.4) is 0 Å². The summed E-state index contributed by atoms with van der Waals surface area (Å²) < 4.78 is 0. The molecule has 0 unspecified atom stereocenters. The summed E-state index contributed by atoms with van der Waals surface area (Å²) in [5.41, 5.74) is 0. The van der Waals surface area contributed by atoms with E-state index in [-0.39, 0.29) is 66.8 Å². The Hall–Kier alpha value is 0.758. The van der Waals surface area contributed by atoms with Crippen LogP contribution in [-0.2, 0) is 9.59 Å². The van der Waals surface area contributed by atoms with Crippen LogP contribution in [0.15, 0.2) is 0 Å². The molecule has 0 aromatic heterocycles. The van der Waals surface area contributed by atoms with Gasteiger partial charge in [0.15, 0.2) is 0 Å². The first-order valence-electron chi connectivity index (χ1n) is 2.06. The number of carboxylic acid groups (broad SMARTS) is 2. The molecular weight excluding hydrogens is 257 g/mol. The van der Waals surface area contributed by atoms with Gasteiger partial charge in [0.2, 0.25) is 0 Å². The molecule has 0 saturated carbocycles. The average Bonchev–Trinajstić information content (AvgIpc) is 1.61. The fourth-order valence-electron chi connectivity index (χ4n) is 0.214. The Kier molecular flexibility index (Phi) is 16.6. The van der Waals surface area contributed by atoms with Crippen LogP contribution < -0.4 is 0 Å². The maximum absolute atomic E-state index is 9.64. The third-order valence-corrected chi connectivity index (χ3v) is 0.553. The van der Waals surface area contributed by atoms with Gasteiger partial charge in [-0.05, 0) is 0 Å². The Balaban J connectivity index is -0.000000245. The van der Waals surface area contributed by atoms with E-state index in [0.29, 0.717) is 0 Å². The van der Waals surface area contributed by atoms with Gasteiger partial charge in [-0.15, -0.1) is 0 Å². The minimum absolute atomic E-state index is 0. The summed E-state index contributed by atoms with van der Waals surface area (Å²) in [6.07, 6.45) is -0.593. The molecule has 0 aliphatic rings. The van der Waals surface area contributed by atoms with E-state index in [2.05, 4.69) is 0 Å². The molecule has 0 amide bonds. The molecule has 0 spiro atoms. The molecule has 0 heterocycles. The predicted molar refractivity (Wildman–Crippen MR) is 41.6 cm³/mol. The van der Waals surface area contributed by atoms with Gasteiger partial charge in [-0.3, -0.25) is 9.59 Å². The van der Waals surface area contributed by atoms with Gasteiger partial charge in [-0.25, -0.2) is 0 Å². The van der Waals surface area contributed by atoms with Gasteiger partial charge in [0, 0.05) is 0 Å². The molecule has 0 radical (unpaired) electrons. The minimum atomic E-state index is -1.08. The fraction of sp³-hybridized carbons (Fsp3) is 0.500. The fourth-order valence-corrected chi connectivity index (χ4v) is 0.214. The second-order valence-corrected chi connectivity index (χ2v) is 1.29. The van der Waals surface area contributed by atoms with Gasteiger partial charge in [0.05, 0.1) is 12.8 Å². The third-order valence-electron chi connectivity index (χ3n) is 0.553. The zero-order valence-corrected chi connectivity index (χ0v) is 8.87. The number of hydrogen-bond donors (Lipinski definition) is 2. The van der Waals surface area contributed by atoms with Crippen LogP contribution in [0.5, 0.6) is 0 Å². The SMILES string of the molecule is O=C(O)CCC(=O)O.[NaH].[SbH3]. The summed E-state index contributed by atoms with van der Waals surface area (Å²) >= 11 is 0. The van der Waals surface area contributed by atoms with Crippen molar-refractivity contribution in [1.29, 1.82) is 0 Å². The Morgan fingerprint density at radius 3 is 1.30 bits per heavy atom. The van der Waals surface area contributed by atoms with Crippen LogP contribution in [0.25, 0.3) is 0 Å². The Morgan fingerprint density at radius 1 is 1.00 bits per heavy atom. The summed E-state index contributed by atoms with van der Waals surface area (Å²) in [5, 5.41) is 15.8. The zero-order chi connectivity index (χ0) is 6.57. The van der Waals surface area contributed by atoms with E-state index in [4.69, 9.17) is 10.2 Å². The third kappa shape index (κ3) is 15.9. The summed E-state index contributed by atoms with van der Waals surface area (Å²) in [5.74, 6) is -2.15. The number of carbonyl (C=O) groups is 2. The van der Waals surface area contributed by atoms with Crippen LogP contribution >= 0.6 is 0 Å². The first kappa shape index (κ1) is 17.0. The van der Waals surface area contributed by atoms with Crippen molar-refractivity contribution in [3.63, 3.8) is 0 Å². The molecule has 0 bridgehead atoms. The van der Waals surface area contributed by atoms with Crippen molar-refractivity contribution in [3.8, 4) is 0 Å². The van der Waals surface area contributed by atoms with Crippen LogP contribution in [0.4, 0.5) is 0 Å². The number of rotatable bonds is 3. The molecule has 0 fully saturated rings. The molecule has 10 heavy (non-hydrogen) atoms. The average molecular weight is 267 g/mol. The molecule has 2 N–H and O–H groups in total. The second kappa shape index (κ2) is 9.76. The molecule has 4 nitrogen and oxygen atoms in total. The van der Waals surface area contributed by atoms with Crippen LogP contribution in [0, 0.1) is 0 Å². The van der Waals surface area contributed by atoms with E-state index in [1.165, 1.54) is 0 Å². The van der Waals surface area contributed by atoms with E-state index in [9.17, 15) is 9.59 Å². The summed E-state index contributed by atoms with van der Waals surface area (Å²) in [7, 11) is 0. The molecule has 0 aliphatic heterocycles. The monoisotopic (exact) mass is 266 g/mol. The van der Waals surface area contributed by atoms with E-state index in [1.54, 1.807) is 0 Å². The Bertz CT molecular complexity index is 102. The van der Waals surface area contributed by atoms with E-state index in [1.807, 2.05) is 0 Å². The first-order chi connectivity index (χ1) is 3.63. The van der Waals surface area contributed by atoms with Crippen molar-refractivity contribution in [1.82, 2.24) is 0 Å². The predicted octanol–water partition coefficient (Wildman–Crippen LogP) is -1.90. The zero-order valence-electron chi connectivity index (χ0n) is 4.83. The van der Waals surface area contributed by atoms with Gasteiger partial charge in [-0.1, -0.05) is 0 Å². The summed E-state index contributed by atoms with van der Waals surface area (Å²) in [6, 6.07) is 0. The first-order valence-corrected chi connectivity index (χ1v) is 2.06. The van der Waals surface area contributed by atoms with Crippen LogP contribution in [-0.4, -0.2) is 76.1 Å². The van der Waals surface area contributed by atoms with Gasteiger partial charge < -0.3 is 10.2 Å². The topological polar surface area (TPSA) is 74.6 Å². The molecule has 0 rings (SSSR count). The van der Waals surface area contributed by atoms with Gasteiger partial charge in [0.25, 0.3) is 0 Å². The van der Waals surface area contributed by atoms with Crippen LogP contribution in [0.1, 0.15) is 12.8 Å². The quantitative estimate of drug-likeness (QED) is 0.586. The molecule has 0 atom stereocenters. The standard InChI is InChI=1S/C4H6O4.Na.Sb.4H/c5-3(6)1-2-4(7)8;;;;;;/h1-2H2,(H,5,6)(H,7,8);;;;;;. The summed E-state index contributed by atoms with van der Waals surface area (Å²) in [6.45, 7) is 0. The molecule has 6 heteroatoms. The van der Waals surface area contributed by atoms with Crippen molar-refractivity contribution >= 4 is 65.9 Å². The number of aliphatic carboxylic acids is 2. The number of carboxylic acids is 2. The van der Waals surface area contributed by atoms with Gasteiger partial charge in [-0.2, -0.15) is 0 Å². The Morgan fingerprint density at radius 2 is 1.20 bits per heavy atom. The van der Waals surface area contributed by atoms with E-state index >= 15 is 0 Å². The van der Waals surface area contributed by atoms with Crippen molar-refractivity contribution in [2.24, 2.45) is 0 Å². The van der Waals surface area contributed by atoms with Crippen molar-refractivity contribution in [2.75, 3.05) is 0 Å². The van der Waals surface area contributed by atoms with Gasteiger partial charge in [0.1, 0.15) is 0 Å². The normalized spacial score (nSPS) is 6.80. The van der Waals surface area contributed by atoms with Crippen molar-refractivity contribution < 1.29 is 19.8 Å². The maximum atomic E-state index is 9.64. The Labute approximate surface area is 97.7 Å². The molecule has 0 saturated heterocycles. The summed E-state index contributed by atoms with van der Waals surface area (Å²) in [4.78, 5) is 19.3. The van der Waals surface area contributed by atoms with Crippen molar-refractivity contribution in [3.05, 3.63) is 0 Å². The molecule has 0 aromatic rings. The van der Waals surface area contributed by atoms with Crippen LogP contribution in [0.2, 0.25) is 0 Å². The molecular formula is C4H10NaO4Sb. The van der Waals surface area contributed by atoms with E-state index in [0.717, 1.165) is 0 Å².